The van der Waals surface area contributed by atoms with E-state index in [1.807, 2.05) is 0 Å². The van der Waals surface area contributed by atoms with Crippen molar-refractivity contribution in [2.24, 2.45) is 0 Å². The SMILES string of the molecule is C=C([O-])CC[CH2+]. The maximum Gasteiger partial charge on any atom is 0.0878 e. The maximum absolute atomic E-state index is 9.89. The summed E-state index contributed by atoms with van der Waals surface area (Å²) in [4.78, 5) is 0. The molecule has 0 amide bonds. The lowest BCUT2D eigenvalue weighted by atomic mass is 10.3. The Bertz CT molecular complexity index is 47.9. The predicted molar refractivity (Wildman–Crippen MR) is 23.7 cm³/mol. The third-order valence-corrected chi connectivity index (χ3v) is 0.456. The van der Waals surface area contributed by atoms with Crippen LogP contribution in [0, 0.1) is 6.92 Å². The van der Waals surface area contributed by atoms with Gasteiger partial charge in [0, 0.05) is 0 Å². The normalized spacial score (nSPS) is 8.00. The Hall–Kier alpha value is -0.590. The molecule has 0 radical (unpaired) electrons. The van der Waals surface area contributed by atoms with Crippen LogP contribution in [0.25, 0.3) is 0 Å². The molecule has 0 unspecified atom stereocenters. The summed E-state index contributed by atoms with van der Waals surface area (Å²) < 4.78 is 0. The van der Waals surface area contributed by atoms with Crippen LogP contribution in [0.4, 0.5) is 0 Å². The molecule has 0 atom stereocenters. The van der Waals surface area contributed by atoms with Gasteiger partial charge in [0.2, 0.25) is 0 Å². The lowest BCUT2D eigenvalue weighted by Crippen LogP contribution is -1.99. The largest absolute Gasteiger partial charge is 0.876 e. The molecule has 0 rings (SSSR count). The van der Waals surface area contributed by atoms with Gasteiger partial charge in [-0.05, 0) is 6.42 Å². The fourth-order valence-electron chi connectivity index (χ4n) is 0.197. The van der Waals surface area contributed by atoms with Crippen molar-refractivity contribution in [2.75, 3.05) is 0 Å². The summed E-state index contributed by atoms with van der Waals surface area (Å²) in [6, 6.07) is 0. The van der Waals surface area contributed by atoms with Crippen LogP contribution in [-0.2, 0) is 0 Å². The molecule has 0 aromatic carbocycles. The molecule has 0 fully saturated rings. The molecule has 1 nitrogen and oxygen atoms in total. The molecule has 0 aliphatic carbocycles. The Morgan fingerprint density at radius 3 is 2.33 bits per heavy atom. The average Bonchev–Trinajstić information content (AvgIpc) is 1.35. The molecule has 6 heavy (non-hydrogen) atoms. The van der Waals surface area contributed by atoms with Crippen LogP contribution in [0.2, 0.25) is 0 Å². The van der Waals surface area contributed by atoms with Gasteiger partial charge in [0.1, 0.15) is 0 Å². The summed E-state index contributed by atoms with van der Waals surface area (Å²) in [5.41, 5.74) is 0. The highest BCUT2D eigenvalue weighted by molar-refractivity contribution is 4.75. The molecule has 0 aromatic rings. The zero-order valence-electron chi connectivity index (χ0n) is 3.74. The van der Waals surface area contributed by atoms with E-state index in [9.17, 15) is 5.11 Å². The molecule has 0 N–H and O–H groups in total. The van der Waals surface area contributed by atoms with Crippen molar-refractivity contribution >= 4 is 0 Å². The molecule has 34 valence electrons. The van der Waals surface area contributed by atoms with Crippen molar-refractivity contribution in [3.05, 3.63) is 19.3 Å². The van der Waals surface area contributed by atoms with Gasteiger partial charge in [-0.25, -0.2) is 0 Å². The molecule has 1 heteroatoms. The lowest BCUT2D eigenvalue weighted by molar-refractivity contribution is -0.305. The monoisotopic (exact) mass is 84.1 g/mol. The van der Waals surface area contributed by atoms with Crippen molar-refractivity contribution in [3.63, 3.8) is 0 Å². The van der Waals surface area contributed by atoms with Crippen molar-refractivity contribution in [1.29, 1.82) is 0 Å². The van der Waals surface area contributed by atoms with Gasteiger partial charge in [-0.1, -0.05) is 0 Å². The van der Waals surface area contributed by atoms with Gasteiger partial charge in [-0.15, -0.1) is 12.3 Å². The van der Waals surface area contributed by atoms with Crippen molar-refractivity contribution in [1.82, 2.24) is 0 Å². The summed E-state index contributed by atoms with van der Waals surface area (Å²) in [6.07, 6.45) is 1.18. The predicted octanol–water partition coefficient (Wildman–Crippen LogP) is 0.475. The van der Waals surface area contributed by atoms with E-state index in [1.165, 1.54) is 0 Å². The fourth-order valence-corrected chi connectivity index (χ4v) is 0.197. The highest BCUT2D eigenvalue weighted by atomic mass is 16.3. The molecular weight excluding hydrogens is 76.1 g/mol. The smallest absolute Gasteiger partial charge is 0.0878 e. The maximum atomic E-state index is 9.89. The number of rotatable bonds is 2. The molecule has 0 heterocycles. The second-order valence-electron chi connectivity index (χ2n) is 1.14. The van der Waals surface area contributed by atoms with Gasteiger partial charge in [0.15, 0.2) is 0 Å². The van der Waals surface area contributed by atoms with Gasteiger partial charge in [-0.3, -0.25) is 0 Å². The molecule has 0 saturated heterocycles. The van der Waals surface area contributed by atoms with E-state index in [-0.39, 0.29) is 5.76 Å². The molecule has 0 saturated carbocycles. The fraction of sp³-hybridized carbons (Fsp3) is 0.400. The van der Waals surface area contributed by atoms with Crippen molar-refractivity contribution < 1.29 is 5.11 Å². The Balaban J connectivity index is 2.83. The minimum atomic E-state index is -0.0231. The molecule has 0 aliphatic rings. The summed E-state index contributed by atoms with van der Waals surface area (Å²) in [6.45, 7) is 6.61. The second-order valence-corrected chi connectivity index (χ2v) is 1.14. The summed E-state index contributed by atoms with van der Waals surface area (Å²) in [7, 11) is 0. The topological polar surface area (TPSA) is 23.1 Å². The van der Waals surface area contributed by atoms with Crippen LogP contribution in [0.5, 0.6) is 0 Å². The van der Waals surface area contributed by atoms with Gasteiger partial charge < -0.3 is 5.11 Å². The van der Waals surface area contributed by atoms with E-state index < -0.39 is 0 Å². The second kappa shape index (κ2) is 2.64. The van der Waals surface area contributed by atoms with Crippen LogP contribution in [0.1, 0.15) is 12.8 Å². The first kappa shape index (κ1) is 5.41. The van der Waals surface area contributed by atoms with Crippen LogP contribution >= 0.6 is 0 Å². The third kappa shape index (κ3) is 3.41. The van der Waals surface area contributed by atoms with E-state index in [0.717, 1.165) is 0 Å². The van der Waals surface area contributed by atoms with E-state index >= 15 is 0 Å². The first-order chi connectivity index (χ1) is 2.77. The van der Waals surface area contributed by atoms with Gasteiger partial charge >= 0.3 is 0 Å². The molecule has 0 aliphatic heterocycles. The average molecular weight is 84.1 g/mol. The summed E-state index contributed by atoms with van der Waals surface area (Å²) >= 11 is 0. The molecular formula is C5H8O. The van der Waals surface area contributed by atoms with Gasteiger partial charge in [-0.2, -0.15) is 0 Å². The highest BCUT2D eigenvalue weighted by Gasteiger charge is 1.75. The number of allylic oxidation sites excluding steroid dienone is 1. The van der Waals surface area contributed by atoms with E-state index in [1.54, 1.807) is 0 Å². The van der Waals surface area contributed by atoms with Gasteiger partial charge in [0.05, 0.1) is 13.3 Å². The molecule has 0 bridgehead atoms. The lowest BCUT2D eigenvalue weighted by Gasteiger charge is -2.01. The minimum Gasteiger partial charge on any atom is -0.876 e. The Labute approximate surface area is 38.3 Å². The van der Waals surface area contributed by atoms with Crippen molar-refractivity contribution in [3.8, 4) is 0 Å². The summed E-state index contributed by atoms with van der Waals surface area (Å²) in [5.74, 6) is -0.0231. The number of hydrogen-bond donors (Lipinski definition) is 0. The first-order valence-electron chi connectivity index (χ1n) is 1.91. The van der Waals surface area contributed by atoms with Crippen LogP contribution in [-0.4, -0.2) is 0 Å². The summed E-state index contributed by atoms with van der Waals surface area (Å²) in [5, 5.41) is 9.89. The Morgan fingerprint density at radius 1 is 1.83 bits per heavy atom. The Kier molecular flexibility index (Phi) is 2.38. The zero-order valence-corrected chi connectivity index (χ0v) is 3.74. The standard InChI is InChI=1S/C5H8O/c1-3-4-5(2)6/h1-4H2. The highest BCUT2D eigenvalue weighted by Crippen LogP contribution is 1.89. The number of hydrogen-bond acceptors (Lipinski definition) is 1. The molecule has 0 spiro atoms. The quantitative estimate of drug-likeness (QED) is 0.352. The Morgan fingerprint density at radius 2 is 2.33 bits per heavy atom. The third-order valence-electron chi connectivity index (χ3n) is 0.456. The van der Waals surface area contributed by atoms with Crippen LogP contribution < -0.4 is 5.11 Å². The van der Waals surface area contributed by atoms with Crippen molar-refractivity contribution in [2.45, 2.75) is 12.8 Å². The van der Waals surface area contributed by atoms with Crippen LogP contribution in [0.3, 0.4) is 0 Å². The molecule has 0 aromatic heterocycles. The zero-order chi connectivity index (χ0) is 4.99. The van der Waals surface area contributed by atoms with Gasteiger partial charge in [0.25, 0.3) is 0 Å². The van der Waals surface area contributed by atoms with E-state index in [4.69, 9.17) is 0 Å². The minimum absolute atomic E-state index is 0.0231. The van der Waals surface area contributed by atoms with E-state index in [2.05, 4.69) is 13.5 Å². The van der Waals surface area contributed by atoms with Crippen LogP contribution in [0.15, 0.2) is 12.3 Å². The first-order valence-corrected chi connectivity index (χ1v) is 1.91. The van der Waals surface area contributed by atoms with E-state index in [0.29, 0.717) is 12.8 Å².